The fraction of sp³-hybridized carbons (Fsp3) is 0.286. The molecular weight excluding hydrogens is 428 g/mol. The Labute approximate surface area is 196 Å². The predicted octanol–water partition coefficient (Wildman–Crippen LogP) is 4.26. The lowest BCUT2D eigenvalue weighted by molar-refractivity contribution is 0.113. The highest BCUT2D eigenvalue weighted by Gasteiger charge is 2.35. The van der Waals surface area contributed by atoms with Gasteiger partial charge in [0.15, 0.2) is 0 Å². The fourth-order valence-electron chi connectivity index (χ4n) is 5.85. The molecule has 0 radical (unpaired) electrons. The molecule has 0 amide bonds. The van der Waals surface area contributed by atoms with E-state index in [1.54, 1.807) is 25.1 Å². The second-order valence-electron chi connectivity index (χ2n) is 9.56. The van der Waals surface area contributed by atoms with Crippen LogP contribution in [0.2, 0.25) is 0 Å². The van der Waals surface area contributed by atoms with Gasteiger partial charge in [0.2, 0.25) is 5.43 Å². The van der Waals surface area contributed by atoms with E-state index in [4.69, 9.17) is 4.42 Å². The van der Waals surface area contributed by atoms with Gasteiger partial charge in [0.05, 0.1) is 16.5 Å². The fourth-order valence-corrected chi connectivity index (χ4v) is 5.85. The number of fused-ring (bicyclic) bond motifs is 5. The van der Waals surface area contributed by atoms with Gasteiger partial charge in [-0.05, 0) is 43.0 Å². The molecule has 1 fully saturated rings. The monoisotopic (exact) mass is 454 g/mol. The molecule has 4 aromatic rings. The largest absolute Gasteiger partial charge is 0.507 e. The van der Waals surface area contributed by atoms with Gasteiger partial charge in [-0.25, -0.2) is 0 Å². The van der Waals surface area contributed by atoms with Gasteiger partial charge in [0.25, 0.3) is 5.56 Å². The Hall–Kier alpha value is -3.64. The molecule has 0 spiro atoms. The second-order valence-corrected chi connectivity index (χ2v) is 9.56. The van der Waals surface area contributed by atoms with E-state index >= 15 is 0 Å². The van der Waals surface area contributed by atoms with Gasteiger partial charge < -0.3 is 14.1 Å². The molecule has 6 nitrogen and oxygen atoms in total. The van der Waals surface area contributed by atoms with Crippen molar-refractivity contribution in [2.45, 2.75) is 32.4 Å². The number of hydrogen-bond donors (Lipinski definition) is 1. The standard InChI is InChI=1S/C28H26N2O4/c1-17-26(19-6-3-2-4-7-19)27(33)21-10-11-24(31)22(28(21)34-17)16-29-13-18-12-20(15-29)23-8-5-9-25(32)30(23)14-18/h2-11,18,20,31H,12-16H2,1H3/t18-,20+/m0/s1. The zero-order valence-corrected chi connectivity index (χ0v) is 19.0. The van der Waals surface area contributed by atoms with E-state index < -0.39 is 0 Å². The SMILES string of the molecule is Cc1oc2c(CN3C[C@@H]4C[C@H](C3)c3cccc(=O)n3C4)c(O)ccc2c(=O)c1-c1ccccc1. The van der Waals surface area contributed by atoms with Crippen molar-refractivity contribution in [3.8, 4) is 16.9 Å². The summed E-state index contributed by atoms with van der Waals surface area (Å²) in [6.07, 6.45) is 1.07. The van der Waals surface area contributed by atoms with Crippen LogP contribution in [0.5, 0.6) is 5.75 Å². The summed E-state index contributed by atoms with van der Waals surface area (Å²) in [5.41, 5.74) is 3.54. The van der Waals surface area contributed by atoms with Crippen LogP contribution in [0.1, 0.15) is 29.4 Å². The number of aryl methyl sites for hydroxylation is 1. The first-order valence-corrected chi connectivity index (χ1v) is 11.8. The number of aromatic nitrogens is 1. The third-order valence-corrected chi connectivity index (χ3v) is 7.31. The number of aromatic hydroxyl groups is 1. The molecule has 0 unspecified atom stereocenters. The van der Waals surface area contributed by atoms with Crippen molar-refractivity contribution < 1.29 is 9.52 Å². The minimum Gasteiger partial charge on any atom is -0.507 e. The van der Waals surface area contributed by atoms with Gasteiger partial charge in [0.1, 0.15) is 17.1 Å². The molecule has 4 heterocycles. The average Bonchev–Trinajstić information content (AvgIpc) is 2.82. The van der Waals surface area contributed by atoms with Crippen LogP contribution in [0.15, 0.2) is 74.7 Å². The number of piperidine rings is 1. The van der Waals surface area contributed by atoms with Crippen molar-refractivity contribution in [1.29, 1.82) is 0 Å². The van der Waals surface area contributed by atoms with Crippen molar-refractivity contribution in [3.63, 3.8) is 0 Å². The number of nitrogens with zero attached hydrogens (tertiary/aromatic N) is 2. The maximum atomic E-state index is 13.4. The number of benzene rings is 2. The number of phenolic OH excluding ortho intramolecular Hbond substituents is 1. The van der Waals surface area contributed by atoms with E-state index in [-0.39, 0.29) is 22.7 Å². The van der Waals surface area contributed by atoms with E-state index in [1.807, 2.05) is 41.0 Å². The zero-order chi connectivity index (χ0) is 23.4. The van der Waals surface area contributed by atoms with Crippen LogP contribution in [0.4, 0.5) is 0 Å². The number of pyridine rings is 1. The van der Waals surface area contributed by atoms with E-state index in [1.165, 1.54) is 0 Å². The van der Waals surface area contributed by atoms with Crippen LogP contribution < -0.4 is 11.0 Å². The number of phenols is 1. The molecule has 1 saturated heterocycles. The van der Waals surface area contributed by atoms with Crippen LogP contribution in [0.3, 0.4) is 0 Å². The smallest absolute Gasteiger partial charge is 0.250 e. The van der Waals surface area contributed by atoms with Crippen molar-refractivity contribution in [2.24, 2.45) is 5.92 Å². The van der Waals surface area contributed by atoms with Gasteiger partial charge >= 0.3 is 0 Å². The summed E-state index contributed by atoms with van der Waals surface area (Å²) in [7, 11) is 0. The number of likely N-dealkylation sites (tertiary alicyclic amines) is 1. The lowest BCUT2D eigenvalue weighted by Crippen LogP contribution is -2.46. The predicted molar refractivity (Wildman–Crippen MR) is 131 cm³/mol. The first kappa shape index (κ1) is 20.9. The molecule has 2 aromatic heterocycles. The Morgan fingerprint density at radius 3 is 2.62 bits per heavy atom. The molecule has 34 heavy (non-hydrogen) atoms. The van der Waals surface area contributed by atoms with Gasteiger partial charge in [0, 0.05) is 43.9 Å². The Morgan fingerprint density at radius 1 is 0.971 bits per heavy atom. The minimum atomic E-state index is -0.0879. The highest BCUT2D eigenvalue weighted by atomic mass is 16.3. The molecule has 6 heteroatoms. The van der Waals surface area contributed by atoms with Gasteiger partial charge in [-0.3, -0.25) is 14.5 Å². The molecule has 2 atom stereocenters. The summed E-state index contributed by atoms with van der Waals surface area (Å²) < 4.78 is 8.13. The third-order valence-electron chi connectivity index (χ3n) is 7.31. The second kappa shape index (κ2) is 7.99. The lowest BCUT2D eigenvalue weighted by atomic mass is 9.83. The molecule has 2 aliphatic heterocycles. The van der Waals surface area contributed by atoms with E-state index in [0.717, 1.165) is 37.3 Å². The Balaban J connectivity index is 1.39. The minimum absolute atomic E-state index is 0.0684. The van der Waals surface area contributed by atoms with Crippen LogP contribution in [-0.2, 0) is 13.1 Å². The van der Waals surface area contributed by atoms with E-state index in [2.05, 4.69) is 11.0 Å². The summed E-state index contributed by atoms with van der Waals surface area (Å²) >= 11 is 0. The quantitative estimate of drug-likeness (QED) is 0.501. The molecule has 0 aliphatic carbocycles. The Morgan fingerprint density at radius 2 is 1.79 bits per heavy atom. The summed E-state index contributed by atoms with van der Waals surface area (Å²) in [6, 6.07) is 18.3. The van der Waals surface area contributed by atoms with Gasteiger partial charge in [-0.1, -0.05) is 36.4 Å². The maximum Gasteiger partial charge on any atom is 0.250 e. The van der Waals surface area contributed by atoms with E-state index in [0.29, 0.717) is 40.3 Å². The van der Waals surface area contributed by atoms with Crippen molar-refractivity contribution >= 4 is 11.0 Å². The number of rotatable bonds is 3. The highest BCUT2D eigenvalue weighted by Crippen LogP contribution is 2.37. The Kier molecular flexibility index (Phi) is 4.92. The van der Waals surface area contributed by atoms with Crippen molar-refractivity contribution in [1.82, 2.24) is 9.47 Å². The molecule has 2 bridgehead atoms. The molecule has 2 aromatic carbocycles. The third kappa shape index (κ3) is 3.37. The Bertz CT molecular complexity index is 1520. The molecule has 1 N–H and O–H groups in total. The topological polar surface area (TPSA) is 75.7 Å². The van der Waals surface area contributed by atoms with Gasteiger partial charge in [-0.2, -0.15) is 0 Å². The molecule has 172 valence electrons. The number of hydrogen-bond acceptors (Lipinski definition) is 5. The summed E-state index contributed by atoms with van der Waals surface area (Å²) in [5.74, 6) is 1.33. The first-order chi connectivity index (χ1) is 16.5. The van der Waals surface area contributed by atoms with Crippen LogP contribution in [0, 0.1) is 12.8 Å². The summed E-state index contributed by atoms with van der Waals surface area (Å²) in [5, 5.41) is 11.2. The summed E-state index contributed by atoms with van der Waals surface area (Å²) in [4.78, 5) is 28.1. The van der Waals surface area contributed by atoms with Gasteiger partial charge in [-0.15, -0.1) is 0 Å². The average molecular weight is 455 g/mol. The molecule has 6 rings (SSSR count). The van der Waals surface area contributed by atoms with Crippen LogP contribution in [-0.4, -0.2) is 27.7 Å². The molecular formula is C28H26N2O4. The molecule has 2 aliphatic rings. The van der Waals surface area contributed by atoms with Crippen LogP contribution >= 0.6 is 0 Å². The van der Waals surface area contributed by atoms with Crippen LogP contribution in [0.25, 0.3) is 22.1 Å². The summed E-state index contributed by atoms with van der Waals surface area (Å²) in [6.45, 7) is 4.63. The lowest BCUT2D eigenvalue weighted by Gasteiger charge is -2.42. The maximum absolute atomic E-state index is 13.4. The molecule has 0 saturated carbocycles. The van der Waals surface area contributed by atoms with Crippen molar-refractivity contribution in [3.05, 3.63) is 98.3 Å². The van der Waals surface area contributed by atoms with Crippen molar-refractivity contribution in [2.75, 3.05) is 13.1 Å². The normalized spacial score (nSPS) is 19.8. The highest BCUT2D eigenvalue weighted by molar-refractivity contribution is 5.86. The zero-order valence-electron chi connectivity index (χ0n) is 19.0. The first-order valence-electron chi connectivity index (χ1n) is 11.8. The van der Waals surface area contributed by atoms with E-state index in [9.17, 15) is 14.7 Å².